The zero-order valence-electron chi connectivity index (χ0n) is 24.9. The van der Waals surface area contributed by atoms with E-state index < -0.39 is 12.1 Å². The minimum Gasteiger partial charge on any atom is -0.497 e. The van der Waals surface area contributed by atoms with Crippen LogP contribution in [0.15, 0.2) is 47.4 Å². The summed E-state index contributed by atoms with van der Waals surface area (Å²) in [6, 6.07) is 10.7. The molecular formula is C33H38FN5O4. The summed E-state index contributed by atoms with van der Waals surface area (Å²) in [4.78, 5) is 46.6. The number of nitrogens with one attached hydrogen (secondary N) is 2. The lowest BCUT2D eigenvalue weighted by Crippen LogP contribution is -2.51. The van der Waals surface area contributed by atoms with E-state index in [4.69, 9.17) is 9.72 Å². The molecule has 0 bridgehead atoms. The van der Waals surface area contributed by atoms with Crippen LogP contribution < -0.4 is 20.9 Å². The number of likely N-dealkylation sites (tertiary alicyclic amines) is 1. The number of anilines is 1. The Labute approximate surface area is 250 Å². The van der Waals surface area contributed by atoms with E-state index in [0.717, 1.165) is 43.5 Å². The Balaban J connectivity index is 1.33. The fraction of sp³-hybridized carbons (Fsp3) is 0.455. The average Bonchev–Trinajstić information content (AvgIpc) is 3.89. The van der Waals surface area contributed by atoms with Crippen molar-refractivity contribution in [2.24, 2.45) is 5.92 Å². The van der Waals surface area contributed by atoms with E-state index in [0.29, 0.717) is 40.7 Å². The number of alkyl halides is 1. The first-order valence-corrected chi connectivity index (χ1v) is 15.1. The first-order chi connectivity index (χ1) is 20.7. The predicted octanol–water partition coefficient (Wildman–Crippen LogP) is 4.92. The standard InChI is InChI=1S/C33H38FN5O4/c1-19(2)14-35-15-20-10-28(33(42)39(16-20)24-6-7-24)31(40)37-30-12-22(11-29(36-30)21-4-5-21)26-9-8-25(43-3)13-27(26)32(41)38-17-23(34)18-38/h8-13,16,19,21,23-24,35H,4-7,14-15,17-18H2,1-3H3,(H,36,37,40). The van der Waals surface area contributed by atoms with Gasteiger partial charge in [-0.15, -0.1) is 0 Å². The van der Waals surface area contributed by atoms with E-state index in [-0.39, 0.29) is 42.1 Å². The van der Waals surface area contributed by atoms with E-state index in [1.54, 1.807) is 34.9 Å². The summed E-state index contributed by atoms with van der Waals surface area (Å²) >= 11 is 0. The molecule has 3 aliphatic rings. The second-order valence-electron chi connectivity index (χ2n) is 12.3. The lowest BCUT2D eigenvalue weighted by Gasteiger charge is -2.34. The van der Waals surface area contributed by atoms with Crippen LogP contribution in [0.5, 0.6) is 5.75 Å². The predicted molar refractivity (Wildman–Crippen MR) is 162 cm³/mol. The molecule has 2 amide bonds. The highest BCUT2D eigenvalue weighted by Gasteiger charge is 2.33. The van der Waals surface area contributed by atoms with Crippen molar-refractivity contribution >= 4 is 17.6 Å². The van der Waals surface area contributed by atoms with Crippen molar-refractivity contribution in [3.63, 3.8) is 0 Å². The van der Waals surface area contributed by atoms with E-state index in [2.05, 4.69) is 24.5 Å². The number of halogens is 1. The molecule has 10 heteroatoms. The van der Waals surface area contributed by atoms with Gasteiger partial charge in [-0.2, -0.15) is 0 Å². The zero-order chi connectivity index (χ0) is 30.2. The molecule has 1 aromatic carbocycles. The first-order valence-electron chi connectivity index (χ1n) is 15.1. The molecule has 0 unspecified atom stereocenters. The van der Waals surface area contributed by atoms with Crippen LogP contribution in [0.3, 0.4) is 0 Å². The van der Waals surface area contributed by atoms with Gasteiger partial charge in [0, 0.05) is 30.4 Å². The third-order valence-corrected chi connectivity index (χ3v) is 8.14. The summed E-state index contributed by atoms with van der Waals surface area (Å²) in [7, 11) is 1.53. The fourth-order valence-corrected chi connectivity index (χ4v) is 5.43. The highest BCUT2D eigenvalue weighted by atomic mass is 19.1. The highest BCUT2D eigenvalue weighted by Crippen LogP contribution is 2.42. The molecule has 2 saturated carbocycles. The summed E-state index contributed by atoms with van der Waals surface area (Å²) in [5.41, 5.74) is 3.20. The molecule has 3 fully saturated rings. The number of rotatable bonds is 11. The summed E-state index contributed by atoms with van der Waals surface area (Å²) in [6.45, 7) is 5.76. The monoisotopic (exact) mass is 587 g/mol. The van der Waals surface area contributed by atoms with Gasteiger partial charge in [0.1, 0.15) is 23.3 Å². The molecular weight excluding hydrogens is 549 g/mol. The third-order valence-electron chi connectivity index (χ3n) is 8.14. The molecule has 6 rings (SSSR count). The van der Waals surface area contributed by atoms with Crippen molar-refractivity contribution in [1.29, 1.82) is 0 Å². The van der Waals surface area contributed by atoms with Crippen molar-refractivity contribution in [3.05, 3.63) is 75.3 Å². The number of pyridine rings is 2. The number of benzene rings is 1. The molecule has 226 valence electrons. The third kappa shape index (κ3) is 6.49. The van der Waals surface area contributed by atoms with Crippen LogP contribution in [-0.4, -0.2) is 59.2 Å². The second kappa shape index (κ2) is 11.9. The highest BCUT2D eigenvalue weighted by molar-refractivity contribution is 6.05. The molecule has 0 radical (unpaired) electrons. The number of carbonyl (C=O) groups is 2. The van der Waals surface area contributed by atoms with Crippen molar-refractivity contribution in [2.75, 3.05) is 32.1 Å². The molecule has 3 heterocycles. The molecule has 2 aliphatic carbocycles. The molecule has 2 aromatic heterocycles. The second-order valence-corrected chi connectivity index (χ2v) is 12.3. The van der Waals surface area contributed by atoms with Gasteiger partial charge < -0.3 is 24.8 Å². The average molecular weight is 588 g/mol. The lowest BCUT2D eigenvalue weighted by molar-refractivity contribution is 0.0400. The molecule has 3 aromatic rings. The molecule has 1 saturated heterocycles. The summed E-state index contributed by atoms with van der Waals surface area (Å²) in [5.74, 6) is 0.775. The van der Waals surface area contributed by atoms with Crippen LogP contribution >= 0.6 is 0 Å². The van der Waals surface area contributed by atoms with Crippen LogP contribution in [-0.2, 0) is 6.54 Å². The number of aromatic nitrogens is 2. The topological polar surface area (TPSA) is 106 Å². The Morgan fingerprint density at radius 2 is 1.84 bits per heavy atom. The van der Waals surface area contributed by atoms with Crippen molar-refractivity contribution in [2.45, 2.75) is 64.2 Å². The van der Waals surface area contributed by atoms with E-state index in [1.165, 1.54) is 12.0 Å². The van der Waals surface area contributed by atoms with Crippen LogP contribution in [0.1, 0.15) is 83.5 Å². The summed E-state index contributed by atoms with van der Waals surface area (Å²) < 4.78 is 20.7. The minimum absolute atomic E-state index is 0.0604. The first kappa shape index (κ1) is 29.0. The van der Waals surface area contributed by atoms with Gasteiger partial charge in [0.2, 0.25) is 0 Å². The molecule has 2 N–H and O–H groups in total. The Morgan fingerprint density at radius 1 is 1.07 bits per heavy atom. The van der Waals surface area contributed by atoms with E-state index in [1.807, 2.05) is 12.3 Å². The number of hydrogen-bond acceptors (Lipinski definition) is 6. The van der Waals surface area contributed by atoms with E-state index >= 15 is 0 Å². The molecule has 0 spiro atoms. The van der Waals surface area contributed by atoms with Gasteiger partial charge in [-0.25, -0.2) is 9.37 Å². The van der Waals surface area contributed by atoms with Crippen molar-refractivity contribution < 1.29 is 18.7 Å². The smallest absolute Gasteiger partial charge is 0.263 e. The normalized spacial score (nSPS) is 16.7. The van der Waals surface area contributed by atoms with Crippen LogP contribution in [0.4, 0.5) is 10.2 Å². The van der Waals surface area contributed by atoms with Crippen LogP contribution in [0.25, 0.3) is 11.1 Å². The summed E-state index contributed by atoms with van der Waals surface area (Å²) in [5, 5.41) is 6.29. The SMILES string of the molecule is COc1ccc(-c2cc(NC(=O)c3cc(CNCC(C)C)cn(C4CC4)c3=O)nc(C3CC3)c2)c(C(=O)N2CC(F)C2)c1. The number of nitrogens with zero attached hydrogens (tertiary/aromatic N) is 3. The zero-order valence-corrected chi connectivity index (χ0v) is 24.9. The van der Waals surface area contributed by atoms with Crippen molar-refractivity contribution in [1.82, 2.24) is 19.8 Å². The summed E-state index contributed by atoms with van der Waals surface area (Å²) in [6.07, 6.45) is 4.66. The minimum atomic E-state index is -1.02. The molecule has 0 atom stereocenters. The number of carbonyl (C=O) groups excluding carboxylic acids is 2. The largest absolute Gasteiger partial charge is 0.497 e. The van der Waals surface area contributed by atoms with Crippen LogP contribution in [0.2, 0.25) is 0 Å². The molecule has 1 aliphatic heterocycles. The van der Waals surface area contributed by atoms with E-state index in [9.17, 15) is 18.8 Å². The molecule has 9 nitrogen and oxygen atoms in total. The Kier molecular flexibility index (Phi) is 8.05. The number of hydrogen-bond donors (Lipinski definition) is 2. The maximum atomic E-state index is 13.6. The number of amides is 2. The number of methoxy groups -OCH3 is 1. The lowest BCUT2D eigenvalue weighted by atomic mass is 9.96. The van der Waals surface area contributed by atoms with Crippen LogP contribution in [0, 0.1) is 5.92 Å². The molecule has 43 heavy (non-hydrogen) atoms. The van der Waals surface area contributed by atoms with Gasteiger partial charge in [-0.05, 0) is 91.2 Å². The Bertz CT molecular complexity index is 1610. The number of ether oxygens (including phenoxy) is 1. The van der Waals surface area contributed by atoms with Gasteiger partial charge in [0.25, 0.3) is 17.4 Å². The van der Waals surface area contributed by atoms with Crippen molar-refractivity contribution in [3.8, 4) is 16.9 Å². The maximum Gasteiger partial charge on any atom is 0.263 e. The van der Waals surface area contributed by atoms with Gasteiger partial charge in [-0.1, -0.05) is 13.8 Å². The van der Waals surface area contributed by atoms with Gasteiger partial charge in [0.15, 0.2) is 0 Å². The fourth-order valence-electron chi connectivity index (χ4n) is 5.43. The quantitative estimate of drug-likeness (QED) is 0.330. The van der Waals surface area contributed by atoms with Gasteiger partial charge in [-0.3, -0.25) is 14.4 Å². The van der Waals surface area contributed by atoms with Gasteiger partial charge in [0.05, 0.1) is 25.8 Å². The Hall–Kier alpha value is -4.05. The maximum absolute atomic E-state index is 13.6. The Morgan fingerprint density at radius 3 is 2.49 bits per heavy atom. The van der Waals surface area contributed by atoms with Gasteiger partial charge >= 0.3 is 0 Å².